The molecule has 5 rings (SSSR count). The molecule has 6 N–H and O–H groups in total. The van der Waals surface area contributed by atoms with Crippen molar-refractivity contribution in [1.82, 2.24) is 0 Å². The maximum atomic E-state index is 13.8. The molecular formula is C31H35NO15S. The Morgan fingerprint density at radius 2 is 1.77 bits per heavy atom. The third-order valence-electron chi connectivity index (χ3n) is 8.66. The van der Waals surface area contributed by atoms with Gasteiger partial charge < -0.3 is 49.8 Å². The minimum Gasteiger partial charge on any atom is -0.507 e. The zero-order chi connectivity index (χ0) is 35.3. The van der Waals surface area contributed by atoms with Crippen molar-refractivity contribution in [3.8, 4) is 17.2 Å². The highest BCUT2D eigenvalue weighted by molar-refractivity contribution is 7.90. The Labute approximate surface area is 274 Å². The first kappa shape index (κ1) is 35.2. The summed E-state index contributed by atoms with van der Waals surface area (Å²) < 4.78 is 49.1. The van der Waals surface area contributed by atoms with E-state index in [4.69, 9.17) is 24.7 Å². The lowest BCUT2D eigenvalue weighted by Crippen LogP contribution is -2.53. The van der Waals surface area contributed by atoms with E-state index in [-0.39, 0.29) is 34.4 Å². The third kappa shape index (κ3) is 6.48. The second-order valence-corrected chi connectivity index (χ2v) is 14.3. The molecule has 1 saturated heterocycles. The number of methoxy groups -OCH3 is 1. The normalized spacial score (nSPS) is 26.6. The van der Waals surface area contributed by atoms with Gasteiger partial charge in [-0.05, 0) is 13.0 Å². The molecule has 0 saturated carbocycles. The number of carbonyl (C=O) groups is 4. The smallest absolute Gasteiger partial charge is 0.507 e. The lowest BCUT2D eigenvalue weighted by molar-refractivity contribution is -0.247. The molecule has 0 spiro atoms. The predicted octanol–water partition coefficient (Wildman–Crippen LogP) is 0.207. The fourth-order valence-electron chi connectivity index (χ4n) is 6.18. The lowest BCUT2D eigenvalue weighted by atomic mass is 9.72. The number of hydrogen-bond acceptors (Lipinski definition) is 16. The molecule has 0 radical (unpaired) electrons. The van der Waals surface area contributed by atoms with Crippen LogP contribution < -0.4 is 10.5 Å². The highest BCUT2D eigenvalue weighted by Crippen LogP contribution is 2.52. The second kappa shape index (κ2) is 13.1. The van der Waals surface area contributed by atoms with Crippen LogP contribution in [0.3, 0.4) is 0 Å². The Morgan fingerprint density at radius 1 is 1.08 bits per heavy atom. The van der Waals surface area contributed by atoms with Crippen molar-refractivity contribution >= 4 is 33.3 Å². The number of phenolic OH excluding ortho intramolecular Hbond substituents is 2. The summed E-state index contributed by atoms with van der Waals surface area (Å²) >= 11 is 0. The molecule has 1 heterocycles. The van der Waals surface area contributed by atoms with E-state index in [1.165, 1.54) is 32.2 Å². The van der Waals surface area contributed by atoms with Gasteiger partial charge in [-0.15, -0.1) is 0 Å². The Kier molecular flexibility index (Phi) is 9.57. The van der Waals surface area contributed by atoms with Crippen LogP contribution in [-0.4, -0.2) is 115 Å². The first-order chi connectivity index (χ1) is 22.5. The summed E-state index contributed by atoms with van der Waals surface area (Å²) in [5.41, 5.74) is 1.73. The summed E-state index contributed by atoms with van der Waals surface area (Å²) in [4.78, 5) is 52.9. The van der Waals surface area contributed by atoms with Gasteiger partial charge in [0, 0.05) is 48.3 Å². The molecule has 2 aromatic rings. The van der Waals surface area contributed by atoms with Crippen LogP contribution in [0.2, 0.25) is 0 Å². The van der Waals surface area contributed by atoms with E-state index in [1.807, 2.05) is 0 Å². The van der Waals surface area contributed by atoms with Crippen molar-refractivity contribution in [3.63, 3.8) is 0 Å². The molecular weight excluding hydrogens is 658 g/mol. The van der Waals surface area contributed by atoms with E-state index in [2.05, 4.69) is 4.74 Å². The molecule has 0 amide bonds. The zero-order valence-electron chi connectivity index (χ0n) is 26.1. The summed E-state index contributed by atoms with van der Waals surface area (Å²) in [6.07, 6.45) is -6.35. The number of aliphatic hydroxyl groups is 2. The zero-order valence-corrected chi connectivity index (χ0v) is 26.9. The van der Waals surface area contributed by atoms with Gasteiger partial charge in [0.25, 0.3) is 0 Å². The standard InChI is InChI=1S/C31H35NO15S/c1-13-25(34)16(32)9-20(46-13)47-18-11-31(40,19(33)12-45-30(39)44-7-8-48(3,41)42)10-15-22(18)29(38)24-23(27(15)36)26(35)14-5-4-6-17(43-2)21(14)28(24)37/h4-6,13,16,18,20,25,34,36,38,40H,7-12,32H2,1-3H3/t13-,16-,18-,20+,25-,31-/m0/s1. The molecule has 16 nitrogen and oxygen atoms in total. The first-order valence-corrected chi connectivity index (χ1v) is 16.9. The van der Waals surface area contributed by atoms with E-state index in [9.17, 15) is 48.0 Å². The number of rotatable bonds is 9. The van der Waals surface area contributed by atoms with Crippen molar-refractivity contribution in [2.24, 2.45) is 5.73 Å². The molecule has 2 aromatic carbocycles. The highest BCUT2D eigenvalue weighted by Gasteiger charge is 2.50. The van der Waals surface area contributed by atoms with Gasteiger partial charge in [-0.2, -0.15) is 0 Å². The third-order valence-corrected chi connectivity index (χ3v) is 9.57. The van der Waals surface area contributed by atoms with Crippen molar-refractivity contribution < 1.29 is 71.7 Å². The van der Waals surface area contributed by atoms with Crippen molar-refractivity contribution in [1.29, 1.82) is 0 Å². The number of phenols is 2. The first-order valence-electron chi connectivity index (χ1n) is 14.8. The van der Waals surface area contributed by atoms with Crippen LogP contribution in [-0.2, 0) is 40.0 Å². The quantitative estimate of drug-likeness (QED) is 0.148. The molecule has 3 aliphatic rings. The molecule has 1 fully saturated rings. The average Bonchev–Trinajstić information content (AvgIpc) is 3.01. The van der Waals surface area contributed by atoms with Crippen LogP contribution in [0.1, 0.15) is 68.8 Å². The Balaban J connectivity index is 1.54. The molecule has 0 bridgehead atoms. The molecule has 48 heavy (non-hydrogen) atoms. The second-order valence-electron chi connectivity index (χ2n) is 12.0. The number of aromatic hydroxyl groups is 2. The van der Waals surface area contributed by atoms with Gasteiger partial charge in [0.05, 0.1) is 47.9 Å². The van der Waals surface area contributed by atoms with Crippen LogP contribution in [0.4, 0.5) is 4.79 Å². The average molecular weight is 694 g/mol. The summed E-state index contributed by atoms with van der Waals surface area (Å²) in [7, 11) is -2.17. The van der Waals surface area contributed by atoms with Crippen molar-refractivity contribution in [2.45, 2.75) is 62.4 Å². The number of ketones is 3. The number of fused-ring (bicyclic) bond motifs is 3. The fraction of sp³-hybridized carbons (Fsp3) is 0.484. The maximum Gasteiger partial charge on any atom is 0.508 e. The van der Waals surface area contributed by atoms with Gasteiger partial charge in [0.1, 0.15) is 29.5 Å². The highest BCUT2D eigenvalue weighted by atomic mass is 32.2. The molecule has 1 aliphatic heterocycles. The number of benzene rings is 2. The van der Waals surface area contributed by atoms with Gasteiger partial charge >= 0.3 is 6.16 Å². The summed E-state index contributed by atoms with van der Waals surface area (Å²) in [5.74, 6) is -4.75. The summed E-state index contributed by atoms with van der Waals surface area (Å²) in [6, 6.07) is 3.45. The van der Waals surface area contributed by atoms with Gasteiger partial charge in [-0.25, -0.2) is 13.2 Å². The lowest BCUT2D eigenvalue weighted by Gasteiger charge is -2.42. The van der Waals surface area contributed by atoms with Crippen molar-refractivity contribution in [2.75, 3.05) is 32.3 Å². The van der Waals surface area contributed by atoms with Crippen LogP contribution in [0.5, 0.6) is 17.2 Å². The SMILES string of the molecule is COc1cccc2c1C(=O)c1c(O)c3c(c(O)c1C2=O)C[C@@](O)(C(=O)COC(=O)OCCS(C)(=O)=O)C[C@@H]3O[C@@H]1C[C@H](N)[C@@H](O)[C@H](C)O1. The molecule has 2 aliphatic carbocycles. The topological polar surface area (TPSA) is 256 Å². The van der Waals surface area contributed by atoms with Crippen LogP contribution >= 0.6 is 0 Å². The van der Waals surface area contributed by atoms with Crippen LogP contribution in [0.25, 0.3) is 0 Å². The molecule has 260 valence electrons. The monoisotopic (exact) mass is 693 g/mol. The van der Waals surface area contributed by atoms with E-state index in [1.54, 1.807) is 0 Å². The van der Waals surface area contributed by atoms with E-state index >= 15 is 0 Å². The number of Topliss-reactive ketones (excluding diaryl/α,β-unsaturated/α-hetero) is 1. The van der Waals surface area contributed by atoms with Gasteiger partial charge in [0.15, 0.2) is 28.5 Å². The van der Waals surface area contributed by atoms with Crippen LogP contribution in [0, 0.1) is 0 Å². The molecule has 0 aromatic heterocycles. The minimum absolute atomic E-state index is 0.0490. The number of aliphatic hydroxyl groups excluding tert-OH is 1. The number of hydrogen-bond donors (Lipinski definition) is 5. The van der Waals surface area contributed by atoms with Gasteiger partial charge in [0.2, 0.25) is 11.6 Å². The Morgan fingerprint density at radius 3 is 2.42 bits per heavy atom. The largest absolute Gasteiger partial charge is 0.508 e. The fourth-order valence-corrected chi connectivity index (χ4v) is 6.57. The van der Waals surface area contributed by atoms with E-state index < -0.39 is 124 Å². The summed E-state index contributed by atoms with van der Waals surface area (Å²) in [5, 5.41) is 45.1. The van der Waals surface area contributed by atoms with Gasteiger partial charge in [-0.3, -0.25) is 14.4 Å². The van der Waals surface area contributed by atoms with Crippen molar-refractivity contribution in [3.05, 3.63) is 51.6 Å². The molecule has 6 atom stereocenters. The number of ether oxygens (including phenoxy) is 5. The minimum atomic E-state index is -3.46. The molecule has 0 unspecified atom stereocenters. The maximum absolute atomic E-state index is 13.8. The van der Waals surface area contributed by atoms with Gasteiger partial charge in [-0.1, -0.05) is 12.1 Å². The summed E-state index contributed by atoms with van der Waals surface area (Å²) in [6.45, 7) is -0.0570. The number of carbonyl (C=O) groups excluding carboxylic acids is 4. The van der Waals surface area contributed by atoms with Crippen LogP contribution in [0.15, 0.2) is 18.2 Å². The van der Waals surface area contributed by atoms with E-state index in [0.29, 0.717) is 0 Å². The predicted molar refractivity (Wildman–Crippen MR) is 162 cm³/mol. The van der Waals surface area contributed by atoms with E-state index in [0.717, 1.165) is 6.26 Å². The molecule has 17 heteroatoms. The number of nitrogens with two attached hydrogens (primary N) is 1. The Hall–Kier alpha value is -4.13. The number of sulfone groups is 1. The Bertz CT molecular complexity index is 1780.